The second-order valence-corrected chi connectivity index (χ2v) is 5.02. The Morgan fingerprint density at radius 2 is 1.83 bits per heavy atom. The topological polar surface area (TPSA) is 67.2 Å². The Hall–Kier alpha value is -1.04. The zero-order valence-electron chi connectivity index (χ0n) is 9.58. The van der Waals surface area contributed by atoms with Gasteiger partial charge < -0.3 is 10.6 Å². The highest BCUT2D eigenvalue weighted by atomic mass is 35.5. The minimum atomic E-state index is -0.508. The minimum Gasteiger partial charge on any atom is -0.380 e. The van der Waals surface area contributed by atoms with Gasteiger partial charge in [0.05, 0.1) is 20.7 Å². The molecule has 1 aromatic rings. The molecule has 2 rings (SSSR count). The van der Waals surface area contributed by atoms with Gasteiger partial charge in [-0.3, -0.25) is 10.1 Å². The van der Waals surface area contributed by atoms with E-state index in [-0.39, 0.29) is 15.7 Å². The average Bonchev–Trinajstić information content (AvgIpc) is 2.34. The highest BCUT2D eigenvalue weighted by Gasteiger charge is 2.18. The predicted molar refractivity (Wildman–Crippen MR) is 72.6 cm³/mol. The second kappa shape index (κ2) is 5.73. The van der Waals surface area contributed by atoms with Crippen molar-refractivity contribution in [1.29, 1.82) is 0 Å². The van der Waals surface area contributed by atoms with Crippen LogP contribution in [0, 0.1) is 10.1 Å². The van der Waals surface area contributed by atoms with Gasteiger partial charge in [0.2, 0.25) is 0 Å². The van der Waals surface area contributed by atoms with E-state index < -0.39 is 4.92 Å². The zero-order valence-corrected chi connectivity index (χ0v) is 11.1. The van der Waals surface area contributed by atoms with Gasteiger partial charge in [0.15, 0.2) is 0 Å². The molecule has 5 nitrogen and oxygen atoms in total. The van der Waals surface area contributed by atoms with Gasteiger partial charge in [-0.15, -0.1) is 0 Å². The zero-order chi connectivity index (χ0) is 13.1. The van der Waals surface area contributed by atoms with E-state index in [9.17, 15) is 10.1 Å². The third kappa shape index (κ3) is 3.04. The molecular formula is C11H13Cl2N3O2. The maximum atomic E-state index is 10.7. The number of nitrogens with one attached hydrogen (secondary N) is 2. The SMILES string of the molecule is O=[N+]([O-])c1cc(Cl)c(NC2CCNCC2)c(Cl)c1. The Morgan fingerprint density at radius 1 is 1.28 bits per heavy atom. The Morgan fingerprint density at radius 3 is 2.33 bits per heavy atom. The summed E-state index contributed by atoms with van der Waals surface area (Å²) in [7, 11) is 0. The minimum absolute atomic E-state index is 0.0964. The summed E-state index contributed by atoms with van der Waals surface area (Å²) >= 11 is 12.1. The molecule has 98 valence electrons. The van der Waals surface area contributed by atoms with Crippen molar-refractivity contribution >= 4 is 34.6 Å². The maximum absolute atomic E-state index is 10.7. The maximum Gasteiger partial charge on any atom is 0.272 e. The highest BCUT2D eigenvalue weighted by Crippen LogP contribution is 2.35. The Kier molecular flexibility index (Phi) is 4.27. The van der Waals surface area contributed by atoms with Crippen LogP contribution in [0.5, 0.6) is 0 Å². The van der Waals surface area contributed by atoms with Gasteiger partial charge in [-0.1, -0.05) is 23.2 Å². The molecule has 1 aromatic carbocycles. The Bertz CT molecular complexity index is 439. The first-order valence-corrected chi connectivity index (χ1v) is 6.44. The summed E-state index contributed by atoms with van der Waals surface area (Å²) in [5, 5.41) is 17.8. The molecule has 7 heteroatoms. The molecular weight excluding hydrogens is 277 g/mol. The van der Waals surface area contributed by atoms with Crippen molar-refractivity contribution in [3.63, 3.8) is 0 Å². The number of piperidine rings is 1. The Labute approximate surface area is 115 Å². The number of anilines is 1. The molecule has 0 radical (unpaired) electrons. The van der Waals surface area contributed by atoms with Crippen molar-refractivity contribution in [3.05, 3.63) is 32.3 Å². The molecule has 0 amide bonds. The van der Waals surface area contributed by atoms with Crippen LogP contribution in [-0.2, 0) is 0 Å². The summed E-state index contributed by atoms with van der Waals surface area (Å²) in [6.45, 7) is 1.89. The van der Waals surface area contributed by atoms with Crippen molar-refractivity contribution in [3.8, 4) is 0 Å². The lowest BCUT2D eigenvalue weighted by molar-refractivity contribution is -0.384. The lowest BCUT2D eigenvalue weighted by Crippen LogP contribution is -2.35. The molecule has 1 aliphatic rings. The van der Waals surface area contributed by atoms with Gasteiger partial charge in [-0.05, 0) is 25.9 Å². The van der Waals surface area contributed by atoms with Crippen LogP contribution in [0.15, 0.2) is 12.1 Å². The van der Waals surface area contributed by atoms with Gasteiger partial charge in [0.1, 0.15) is 0 Å². The van der Waals surface area contributed by atoms with E-state index in [0.717, 1.165) is 25.9 Å². The fourth-order valence-electron chi connectivity index (χ4n) is 1.97. The lowest BCUT2D eigenvalue weighted by Gasteiger charge is -2.25. The smallest absolute Gasteiger partial charge is 0.272 e. The quantitative estimate of drug-likeness (QED) is 0.663. The van der Waals surface area contributed by atoms with Crippen molar-refractivity contribution in [2.45, 2.75) is 18.9 Å². The molecule has 0 bridgehead atoms. The molecule has 18 heavy (non-hydrogen) atoms. The van der Waals surface area contributed by atoms with E-state index >= 15 is 0 Å². The predicted octanol–water partition coefficient (Wildman–Crippen LogP) is 3.07. The summed E-state index contributed by atoms with van der Waals surface area (Å²) < 4.78 is 0. The fraction of sp³-hybridized carbons (Fsp3) is 0.455. The number of non-ortho nitro benzene ring substituents is 1. The number of rotatable bonds is 3. The van der Waals surface area contributed by atoms with Crippen molar-refractivity contribution in [2.75, 3.05) is 18.4 Å². The highest BCUT2D eigenvalue weighted by molar-refractivity contribution is 6.39. The summed E-state index contributed by atoms with van der Waals surface area (Å²) in [5.74, 6) is 0. The number of nitro benzene ring substituents is 1. The van der Waals surface area contributed by atoms with Crippen LogP contribution in [0.4, 0.5) is 11.4 Å². The summed E-state index contributed by atoms with van der Waals surface area (Å²) in [4.78, 5) is 10.2. The van der Waals surface area contributed by atoms with Crippen molar-refractivity contribution < 1.29 is 4.92 Å². The van der Waals surface area contributed by atoms with E-state index in [1.807, 2.05) is 0 Å². The van der Waals surface area contributed by atoms with E-state index in [4.69, 9.17) is 23.2 Å². The van der Waals surface area contributed by atoms with E-state index in [1.165, 1.54) is 12.1 Å². The molecule has 0 saturated carbocycles. The van der Waals surface area contributed by atoms with Crippen LogP contribution in [0.1, 0.15) is 12.8 Å². The summed E-state index contributed by atoms with van der Waals surface area (Å²) in [6.07, 6.45) is 1.95. The first kappa shape index (κ1) is 13.4. The lowest BCUT2D eigenvalue weighted by atomic mass is 10.1. The molecule has 0 aromatic heterocycles. The molecule has 2 N–H and O–H groups in total. The molecule has 1 heterocycles. The van der Waals surface area contributed by atoms with E-state index in [0.29, 0.717) is 11.7 Å². The second-order valence-electron chi connectivity index (χ2n) is 4.21. The van der Waals surface area contributed by atoms with Gasteiger partial charge in [0, 0.05) is 18.2 Å². The molecule has 0 unspecified atom stereocenters. The molecule has 0 spiro atoms. The van der Waals surface area contributed by atoms with Gasteiger partial charge >= 0.3 is 0 Å². The van der Waals surface area contributed by atoms with Crippen LogP contribution >= 0.6 is 23.2 Å². The molecule has 1 aliphatic heterocycles. The first-order chi connectivity index (χ1) is 8.58. The van der Waals surface area contributed by atoms with Crippen molar-refractivity contribution in [2.24, 2.45) is 0 Å². The molecule has 0 atom stereocenters. The van der Waals surface area contributed by atoms with E-state index in [2.05, 4.69) is 10.6 Å². The number of benzene rings is 1. The van der Waals surface area contributed by atoms with Crippen LogP contribution in [0.25, 0.3) is 0 Å². The largest absolute Gasteiger partial charge is 0.380 e. The van der Waals surface area contributed by atoms with Crippen LogP contribution in [0.3, 0.4) is 0 Å². The van der Waals surface area contributed by atoms with Crippen molar-refractivity contribution in [1.82, 2.24) is 5.32 Å². The molecule has 1 fully saturated rings. The van der Waals surface area contributed by atoms with Crippen LogP contribution in [0.2, 0.25) is 10.0 Å². The monoisotopic (exact) mass is 289 g/mol. The number of nitro groups is 1. The third-order valence-corrected chi connectivity index (χ3v) is 3.52. The van der Waals surface area contributed by atoms with Crippen LogP contribution < -0.4 is 10.6 Å². The Balaban J connectivity index is 2.19. The standard InChI is InChI=1S/C11H13Cl2N3O2/c12-9-5-8(16(17)18)6-10(13)11(9)15-7-1-3-14-4-2-7/h5-7,14-15H,1-4H2. The van der Waals surface area contributed by atoms with Gasteiger partial charge in [-0.2, -0.15) is 0 Å². The van der Waals surface area contributed by atoms with Gasteiger partial charge in [-0.25, -0.2) is 0 Å². The number of halogens is 2. The average molecular weight is 290 g/mol. The van der Waals surface area contributed by atoms with E-state index in [1.54, 1.807) is 0 Å². The number of nitrogens with zero attached hydrogens (tertiary/aromatic N) is 1. The molecule has 0 aliphatic carbocycles. The van der Waals surface area contributed by atoms with Gasteiger partial charge in [0.25, 0.3) is 5.69 Å². The molecule has 1 saturated heterocycles. The third-order valence-electron chi connectivity index (χ3n) is 2.93. The fourth-order valence-corrected chi connectivity index (χ4v) is 2.56. The van der Waals surface area contributed by atoms with Crippen LogP contribution in [-0.4, -0.2) is 24.1 Å². The number of hydrogen-bond donors (Lipinski definition) is 2. The normalized spacial score (nSPS) is 16.6. The first-order valence-electron chi connectivity index (χ1n) is 5.68. The summed E-state index contributed by atoms with van der Waals surface area (Å²) in [5.41, 5.74) is 0.483. The summed E-state index contributed by atoms with van der Waals surface area (Å²) in [6, 6.07) is 2.93. The number of hydrogen-bond acceptors (Lipinski definition) is 4.